The third kappa shape index (κ3) is 317. The predicted octanol–water partition coefficient (Wildman–Crippen LogP) is -11.4. The van der Waals surface area contributed by atoms with Crippen molar-refractivity contribution in [1.29, 1.82) is 0 Å². The number of rotatable bonds is 0. The van der Waals surface area contributed by atoms with Gasteiger partial charge in [-0.15, -0.1) is 0 Å². The molecule has 64 valence electrons. The fraction of sp³-hybridized carbons (Fsp3) is 0. The Labute approximate surface area is 138 Å². The van der Waals surface area contributed by atoms with Crippen LogP contribution in [0.15, 0.2) is 0 Å². The second kappa shape index (κ2) is 12.8. The summed E-state index contributed by atoms with van der Waals surface area (Å²) in [4.78, 5) is 68.6. The van der Waals surface area contributed by atoms with Crippen molar-refractivity contribution in [3.63, 3.8) is 0 Å². The van der Waals surface area contributed by atoms with Gasteiger partial charge in [0.15, 0.2) is 0 Å². The van der Waals surface area contributed by atoms with E-state index < -0.39 is 18.1 Å². The summed E-state index contributed by atoms with van der Waals surface area (Å²) < 4.78 is 0. The zero-order chi connectivity index (χ0) is 9.00. The summed E-state index contributed by atoms with van der Waals surface area (Å²) >= 11 is 0. The van der Waals surface area contributed by atoms with Crippen LogP contribution in [-0.2, 0) is 0 Å². The van der Waals surface area contributed by atoms with Gasteiger partial charge in [0, 0.05) is 0 Å². The van der Waals surface area contributed by atoms with Crippen LogP contribution in [0.25, 0.3) is 0 Å². The maximum Gasteiger partial charge on any atom is 3.00 e. The first kappa shape index (κ1) is 29.7. The van der Waals surface area contributed by atoms with E-state index in [1.807, 2.05) is 0 Å². The third-order valence-electron chi connectivity index (χ3n) is 0. The summed E-state index contributed by atoms with van der Waals surface area (Å²) in [5, 5.41) is 0. The molecule has 0 aromatic carbocycles. The van der Waals surface area contributed by atoms with Crippen molar-refractivity contribution in [2.75, 3.05) is 0 Å². The number of hydrogen-bond donors (Lipinski definition) is 0. The van der Waals surface area contributed by atoms with Gasteiger partial charge in [0.05, 0.1) is 0 Å². The molecule has 0 aliphatic heterocycles. The zero-order valence-corrected chi connectivity index (χ0v) is 14.9. The smallest absolute Gasteiger partial charge is 0.894 e. The van der Waals surface area contributed by atoms with Crippen molar-refractivity contribution in [3.05, 3.63) is 0 Å². The average molecular weight is 375 g/mol. The third-order valence-corrected chi connectivity index (χ3v) is 0. The zero-order valence-electron chi connectivity index (χ0n) is 6.13. The molecular formula is Al2BaO8Si2. The maximum absolute atomic E-state index is 8.58. The van der Waals surface area contributed by atoms with Crippen LogP contribution >= 0.6 is 0 Å². The van der Waals surface area contributed by atoms with Gasteiger partial charge in [-0.25, -0.2) is 0 Å². The second-order valence-electron chi connectivity index (χ2n) is 1.00. The van der Waals surface area contributed by atoms with Gasteiger partial charge in [0.25, 0.3) is 0 Å². The van der Waals surface area contributed by atoms with Crippen LogP contribution < -0.4 is 38.4 Å². The van der Waals surface area contributed by atoms with E-state index in [0.29, 0.717) is 0 Å². The first-order valence-corrected chi connectivity index (χ1v) is 4.90. The van der Waals surface area contributed by atoms with Gasteiger partial charge in [-0.2, -0.15) is 0 Å². The second-order valence-corrected chi connectivity index (χ2v) is 3.00. The molecule has 0 aromatic heterocycles. The molecule has 0 rings (SSSR count). The monoisotopic (exact) mass is 376 g/mol. The normalized spacial score (nSPS) is 9.23. The largest absolute Gasteiger partial charge is 3.00 e. The predicted molar refractivity (Wildman–Crippen MR) is 28.8 cm³/mol. The minimum atomic E-state index is -5.61. The van der Waals surface area contributed by atoms with Crippen LogP contribution in [0.1, 0.15) is 0 Å². The molecule has 0 amide bonds. The summed E-state index contributed by atoms with van der Waals surface area (Å²) in [5.74, 6) is 0. The molecule has 0 bridgehead atoms. The Balaban J connectivity index is -0.0000000267. The number of hydrogen-bond acceptors (Lipinski definition) is 8. The molecule has 0 unspecified atom stereocenters. The van der Waals surface area contributed by atoms with Crippen molar-refractivity contribution >= 4 is 102 Å². The summed E-state index contributed by atoms with van der Waals surface area (Å²) in [6.45, 7) is 0. The average Bonchev–Trinajstić information content (AvgIpc) is 1.12. The molecular weight excluding hydrogens is 375 g/mol. The molecule has 0 radical (unpaired) electrons. The van der Waals surface area contributed by atoms with Crippen LogP contribution in [-0.4, -0.2) is 102 Å². The Morgan fingerprint density at radius 1 is 0.462 bits per heavy atom. The standard InChI is InChI=1S/2Al.Ba.2O4Si/c;;;2*1-5(2,3)4/q2*+3;+2;2*-4. The topological polar surface area (TPSA) is 184 Å². The SMILES string of the molecule is [Al+3].[Al+3].[Ba+2].[O-][Si]([O-])([O-])[O-].[O-][Si]([O-])([O-])[O-]. The van der Waals surface area contributed by atoms with Crippen LogP contribution in [0.3, 0.4) is 0 Å². The first-order valence-electron chi connectivity index (χ1n) is 1.63. The molecule has 0 atom stereocenters. The van der Waals surface area contributed by atoms with Crippen LogP contribution in [0.5, 0.6) is 0 Å². The van der Waals surface area contributed by atoms with E-state index in [1.54, 1.807) is 0 Å². The molecule has 0 saturated carbocycles. The molecule has 13 heteroatoms. The van der Waals surface area contributed by atoms with Gasteiger partial charge in [0.1, 0.15) is 0 Å². The Morgan fingerprint density at radius 2 is 0.462 bits per heavy atom. The van der Waals surface area contributed by atoms with Crippen molar-refractivity contribution in [2.24, 2.45) is 0 Å². The van der Waals surface area contributed by atoms with Crippen LogP contribution in [0, 0.1) is 0 Å². The van der Waals surface area contributed by atoms with E-state index in [4.69, 9.17) is 38.4 Å². The molecule has 13 heavy (non-hydrogen) atoms. The molecule has 8 nitrogen and oxygen atoms in total. The van der Waals surface area contributed by atoms with Gasteiger partial charge in [-0.1, -0.05) is 0 Å². The van der Waals surface area contributed by atoms with Gasteiger partial charge >= 0.3 is 83.6 Å². The molecule has 0 N–H and O–H groups in total. The van der Waals surface area contributed by atoms with E-state index in [1.165, 1.54) is 0 Å². The summed E-state index contributed by atoms with van der Waals surface area (Å²) in [6.07, 6.45) is 0. The molecule has 0 saturated heterocycles. The van der Waals surface area contributed by atoms with E-state index >= 15 is 0 Å². The minimum absolute atomic E-state index is 0. The van der Waals surface area contributed by atoms with E-state index in [2.05, 4.69) is 0 Å². The van der Waals surface area contributed by atoms with Crippen molar-refractivity contribution in [3.8, 4) is 0 Å². The summed E-state index contributed by atoms with van der Waals surface area (Å²) in [7, 11) is -11.2. The minimum Gasteiger partial charge on any atom is -0.894 e. The Morgan fingerprint density at radius 3 is 0.462 bits per heavy atom. The molecule has 0 heterocycles. The first-order chi connectivity index (χ1) is 4.00. The van der Waals surface area contributed by atoms with Crippen molar-refractivity contribution in [2.45, 2.75) is 0 Å². The van der Waals surface area contributed by atoms with Gasteiger partial charge in [-0.3, -0.25) is 0 Å². The summed E-state index contributed by atoms with van der Waals surface area (Å²) in [5.41, 5.74) is 0. The molecule has 0 aromatic rings. The Kier molecular flexibility index (Phi) is 29.2. The summed E-state index contributed by atoms with van der Waals surface area (Å²) in [6, 6.07) is 0. The van der Waals surface area contributed by atoms with Crippen molar-refractivity contribution in [1.82, 2.24) is 0 Å². The van der Waals surface area contributed by atoms with E-state index in [0.717, 1.165) is 0 Å². The van der Waals surface area contributed by atoms with Gasteiger partial charge in [-0.05, 0) is 0 Å². The molecule has 0 fully saturated rings. The Hall–Kier alpha value is 2.75. The van der Waals surface area contributed by atoms with Crippen LogP contribution in [0.4, 0.5) is 0 Å². The van der Waals surface area contributed by atoms with E-state index in [-0.39, 0.29) is 83.6 Å². The van der Waals surface area contributed by atoms with Crippen LogP contribution in [0.2, 0.25) is 0 Å². The fourth-order valence-electron chi connectivity index (χ4n) is 0. The quantitative estimate of drug-likeness (QED) is 0.373. The van der Waals surface area contributed by atoms with E-state index in [9.17, 15) is 0 Å². The maximum atomic E-state index is 8.58. The van der Waals surface area contributed by atoms with Gasteiger partial charge < -0.3 is 56.5 Å². The fourth-order valence-corrected chi connectivity index (χ4v) is 0. The van der Waals surface area contributed by atoms with Crippen molar-refractivity contribution < 1.29 is 38.4 Å². The molecule has 0 spiro atoms. The Bertz CT molecular complexity index is 63.1. The van der Waals surface area contributed by atoms with Gasteiger partial charge in [0.2, 0.25) is 0 Å². The molecule has 0 aliphatic rings. The molecule has 0 aliphatic carbocycles.